The minimum absolute atomic E-state index is 0.662. The summed E-state index contributed by atoms with van der Waals surface area (Å²) >= 11 is 6.05. The van der Waals surface area contributed by atoms with Crippen LogP contribution < -0.4 is 0 Å². The van der Waals surface area contributed by atoms with E-state index in [2.05, 4.69) is 11.1 Å². The van der Waals surface area contributed by atoms with E-state index >= 15 is 0 Å². The van der Waals surface area contributed by atoms with Crippen molar-refractivity contribution in [1.82, 2.24) is 4.98 Å². The highest BCUT2D eigenvalue weighted by Gasteiger charge is 2.17. The van der Waals surface area contributed by atoms with Gasteiger partial charge in [0.25, 0.3) is 0 Å². The van der Waals surface area contributed by atoms with Crippen LogP contribution in [0.4, 0.5) is 0 Å². The van der Waals surface area contributed by atoms with E-state index in [1.165, 1.54) is 37.7 Å². The van der Waals surface area contributed by atoms with Gasteiger partial charge < -0.3 is 0 Å². The zero-order chi connectivity index (χ0) is 9.10. The van der Waals surface area contributed by atoms with Gasteiger partial charge in [-0.15, -0.1) is 0 Å². The average molecular weight is 196 g/mol. The predicted octanol–water partition coefficient (Wildman–Crippen LogP) is 3.78. The molecule has 0 radical (unpaired) electrons. The molecule has 0 aliphatic heterocycles. The first-order valence-corrected chi connectivity index (χ1v) is 5.36. The Kier molecular flexibility index (Phi) is 2.84. The number of hydrogen-bond acceptors (Lipinski definition) is 1. The molecule has 1 aliphatic carbocycles. The normalized spacial score (nSPS) is 18.8. The van der Waals surface area contributed by atoms with Crippen LogP contribution in [0.1, 0.15) is 43.6 Å². The van der Waals surface area contributed by atoms with Crippen molar-refractivity contribution in [2.24, 2.45) is 0 Å². The highest BCUT2D eigenvalue weighted by atomic mass is 35.5. The van der Waals surface area contributed by atoms with E-state index in [1.54, 1.807) is 6.20 Å². The van der Waals surface area contributed by atoms with E-state index in [1.807, 2.05) is 6.07 Å². The Morgan fingerprint density at radius 1 is 1.23 bits per heavy atom. The smallest absolute Gasteiger partial charge is 0.132 e. The first-order chi connectivity index (χ1) is 6.38. The van der Waals surface area contributed by atoms with Gasteiger partial charge >= 0.3 is 0 Å². The molecular weight excluding hydrogens is 182 g/mol. The molecule has 0 amide bonds. The second-order valence-corrected chi connectivity index (χ2v) is 4.08. The van der Waals surface area contributed by atoms with E-state index in [4.69, 9.17) is 11.6 Å². The molecule has 0 atom stereocenters. The second kappa shape index (κ2) is 4.10. The number of hydrogen-bond donors (Lipinski definition) is 0. The number of nitrogens with zero attached hydrogens (tertiary/aromatic N) is 1. The summed E-state index contributed by atoms with van der Waals surface area (Å²) in [6, 6.07) is 4.10. The van der Waals surface area contributed by atoms with E-state index in [-0.39, 0.29) is 0 Å². The zero-order valence-electron chi connectivity index (χ0n) is 7.67. The Bertz CT molecular complexity index is 279. The molecule has 1 aliphatic rings. The maximum atomic E-state index is 6.05. The molecule has 1 nitrogen and oxygen atoms in total. The Morgan fingerprint density at radius 3 is 2.69 bits per heavy atom. The topological polar surface area (TPSA) is 12.9 Å². The molecule has 0 unspecified atom stereocenters. The van der Waals surface area contributed by atoms with E-state index in [0.717, 1.165) is 0 Å². The van der Waals surface area contributed by atoms with Crippen molar-refractivity contribution in [3.05, 3.63) is 29.0 Å². The fourth-order valence-corrected chi connectivity index (χ4v) is 2.39. The predicted molar refractivity (Wildman–Crippen MR) is 55.1 cm³/mol. The van der Waals surface area contributed by atoms with Crippen LogP contribution in [0.25, 0.3) is 0 Å². The summed E-state index contributed by atoms with van der Waals surface area (Å²) in [7, 11) is 0. The van der Waals surface area contributed by atoms with Crippen molar-refractivity contribution in [3.8, 4) is 0 Å². The first kappa shape index (κ1) is 9.01. The molecule has 1 aromatic rings. The number of halogens is 1. The summed E-state index contributed by atoms with van der Waals surface area (Å²) in [4.78, 5) is 4.12. The van der Waals surface area contributed by atoms with Crippen LogP contribution in [0.5, 0.6) is 0 Å². The molecule has 70 valence electrons. The third-order valence-electron chi connectivity index (χ3n) is 2.83. The quantitative estimate of drug-likeness (QED) is 0.622. The molecule has 1 heterocycles. The van der Waals surface area contributed by atoms with Crippen LogP contribution in [0.15, 0.2) is 18.3 Å². The molecule has 2 rings (SSSR count). The Balaban J connectivity index is 2.18. The second-order valence-electron chi connectivity index (χ2n) is 3.72. The lowest BCUT2D eigenvalue weighted by Crippen LogP contribution is -2.05. The molecule has 1 fully saturated rings. The van der Waals surface area contributed by atoms with Gasteiger partial charge in [0.1, 0.15) is 5.15 Å². The molecule has 1 saturated carbocycles. The van der Waals surface area contributed by atoms with Crippen molar-refractivity contribution in [2.75, 3.05) is 0 Å². The maximum Gasteiger partial charge on any atom is 0.132 e. The molecule has 1 aromatic heterocycles. The number of aromatic nitrogens is 1. The standard InChI is InChI=1S/C11H14ClN/c12-11-10(7-4-8-13-11)9-5-2-1-3-6-9/h4,7-9H,1-3,5-6H2. The molecule has 0 N–H and O–H groups in total. The van der Waals surface area contributed by atoms with Crippen LogP contribution in [0.3, 0.4) is 0 Å². The van der Waals surface area contributed by atoms with E-state index in [9.17, 15) is 0 Å². The van der Waals surface area contributed by atoms with Gasteiger partial charge in [-0.25, -0.2) is 4.98 Å². The van der Waals surface area contributed by atoms with Crippen molar-refractivity contribution < 1.29 is 0 Å². The minimum Gasteiger partial charge on any atom is -0.244 e. The molecular formula is C11H14ClN. The van der Waals surface area contributed by atoms with Gasteiger partial charge in [0.05, 0.1) is 0 Å². The summed E-state index contributed by atoms with van der Waals surface area (Å²) in [5.41, 5.74) is 1.25. The largest absolute Gasteiger partial charge is 0.244 e. The SMILES string of the molecule is Clc1ncccc1C1CCCCC1. The highest BCUT2D eigenvalue weighted by Crippen LogP contribution is 2.34. The Labute approximate surface area is 84.1 Å². The van der Waals surface area contributed by atoms with Crippen molar-refractivity contribution in [2.45, 2.75) is 38.0 Å². The van der Waals surface area contributed by atoms with Crippen molar-refractivity contribution in [3.63, 3.8) is 0 Å². The van der Waals surface area contributed by atoms with Gasteiger partial charge in [0.2, 0.25) is 0 Å². The van der Waals surface area contributed by atoms with Gasteiger partial charge in [-0.2, -0.15) is 0 Å². The van der Waals surface area contributed by atoms with E-state index in [0.29, 0.717) is 11.1 Å². The summed E-state index contributed by atoms with van der Waals surface area (Å²) < 4.78 is 0. The number of pyridine rings is 1. The maximum absolute atomic E-state index is 6.05. The van der Waals surface area contributed by atoms with E-state index < -0.39 is 0 Å². The lowest BCUT2D eigenvalue weighted by Gasteiger charge is -2.22. The van der Waals surface area contributed by atoms with Crippen LogP contribution in [-0.2, 0) is 0 Å². The molecule has 13 heavy (non-hydrogen) atoms. The molecule has 0 aromatic carbocycles. The molecule has 0 bridgehead atoms. The molecule has 0 spiro atoms. The monoisotopic (exact) mass is 195 g/mol. The van der Waals surface area contributed by atoms with Crippen molar-refractivity contribution in [1.29, 1.82) is 0 Å². The number of rotatable bonds is 1. The third-order valence-corrected chi connectivity index (χ3v) is 3.15. The fourth-order valence-electron chi connectivity index (χ4n) is 2.12. The highest BCUT2D eigenvalue weighted by molar-refractivity contribution is 6.30. The average Bonchev–Trinajstić information content (AvgIpc) is 2.20. The third kappa shape index (κ3) is 2.02. The van der Waals surface area contributed by atoms with Crippen LogP contribution in [0.2, 0.25) is 5.15 Å². The molecule has 2 heteroatoms. The van der Waals surface area contributed by atoms with Crippen molar-refractivity contribution >= 4 is 11.6 Å². The van der Waals surface area contributed by atoms with Gasteiger partial charge in [0, 0.05) is 6.20 Å². The van der Waals surface area contributed by atoms with Gasteiger partial charge in [-0.3, -0.25) is 0 Å². The lowest BCUT2D eigenvalue weighted by molar-refractivity contribution is 0.443. The first-order valence-electron chi connectivity index (χ1n) is 4.98. The minimum atomic E-state index is 0.662. The lowest BCUT2D eigenvalue weighted by atomic mass is 9.85. The van der Waals surface area contributed by atoms with Crippen LogP contribution >= 0.6 is 11.6 Å². The van der Waals surface area contributed by atoms with Gasteiger partial charge in [-0.05, 0) is 30.4 Å². The van der Waals surface area contributed by atoms with Crippen LogP contribution in [-0.4, -0.2) is 4.98 Å². The Hall–Kier alpha value is -0.560. The summed E-state index contributed by atoms with van der Waals surface area (Å²) in [6.07, 6.45) is 8.39. The molecule has 0 saturated heterocycles. The van der Waals surface area contributed by atoms with Gasteiger partial charge in [-0.1, -0.05) is 36.9 Å². The zero-order valence-corrected chi connectivity index (χ0v) is 8.43. The summed E-state index contributed by atoms with van der Waals surface area (Å²) in [6.45, 7) is 0. The Morgan fingerprint density at radius 2 is 2.00 bits per heavy atom. The fraction of sp³-hybridized carbons (Fsp3) is 0.545. The summed E-state index contributed by atoms with van der Waals surface area (Å²) in [5.74, 6) is 0.662. The van der Waals surface area contributed by atoms with Gasteiger partial charge in [0.15, 0.2) is 0 Å². The van der Waals surface area contributed by atoms with Crippen LogP contribution in [0, 0.1) is 0 Å². The summed E-state index contributed by atoms with van der Waals surface area (Å²) in [5, 5.41) is 0.703.